The van der Waals surface area contributed by atoms with E-state index < -0.39 is 9.84 Å². The number of hydrogen-bond donors (Lipinski definition) is 2. The van der Waals surface area contributed by atoms with E-state index in [9.17, 15) is 13.2 Å². The first kappa shape index (κ1) is 25.7. The van der Waals surface area contributed by atoms with Crippen LogP contribution in [0.5, 0.6) is 0 Å². The molecule has 1 aromatic carbocycles. The molecule has 164 valence electrons. The van der Waals surface area contributed by atoms with Crippen molar-refractivity contribution in [3.63, 3.8) is 0 Å². The number of carbonyl (C=O) groups is 1. The standard InChI is InChI=1S/C20H32N4O3S.HI/c1-3-21-20(22-11-7-13-28(2,26)27)23-15-18-14-19(25)24(16-18)12-10-17-8-5-4-6-9-17;/h4-6,8-9,18H,3,7,10-16H2,1-2H3,(H2,21,22,23);1H. The number of halogens is 1. The van der Waals surface area contributed by atoms with E-state index >= 15 is 0 Å². The third-order valence-corrected chi connectivity index (χ3v) is 5.67. The first-order valence-electron chi connectivity index (χ1n) is 9.89. The van der Waals surface area contributed by atoms with Gasteiger partial charge in [0.05, 0.1) is 5.75 Å². The van der Waals surface area contributed by atoms with Crippen LogP contribution in [0.4, 0.5) is 0 Å². The fraction of sp³-hybridized carbons (Fsp3) is 0.600. The third-order valence-electron chi connectivity index (χ3n) is 4.64. The predicted octanol–water partition coefficient (Wildman–Crippen LogP) is 1.69. The number of rotatable bonds is 10. The molecule has 0 radical (unpaired) electrons. The van der Waals surface area contributed by atoms with E-state index in [0.717, 1.165) is 26.1 Å². The molecular weight excluding hydrogens is 503 g/mol. The van der Waals surface area contributed by atoms with Crippen LogP contribution in [0.1, 0.15) is 25.3 Å². The second-order valence-electron chi connectivity index (χ2n) is 7.28. The van der Waals surface area contributed by atoms with E-state index in [1.165, 1.54) is 11.8 Å². The highest BCUT2D eigenvalue weighted by Crippen LogP contribution is 2.18. The van der Waals surface area contributed by atoms with Gasteiger partial charge in [0.2, 0.25) is 5.91 Å². The number of nitrogens with zero attached hydrogens (tertiary/aromatic N) is 2. The van der Waals surface area contributed by atoms with Gasteiger partial charge in [-0.2, -0.15) is 0 Å². The highest BCUT2D eigenvalue weighted by atomic mass is 127. The largest absolute Gasteiger partial charge is 0.357 e. The molecule has 29 heavy (non-hydrogen) atoms. The Morgan fingerprint density at radius 2 is 1.97 bits per heavy atom. The smallest absolute Gasteiger partial charge is 0.223 e. The van der Waals surface area contributed by atoms with Gasteiger partial charge in [-0.3, -0.25) is 9.79 Å². The van der Waals surface area contributed by atoms with Crippen LogP contribution in [0, 0.1) is 5.92 Å². The van der Waals surface area contributed by atoms with Gasteiger partial charge in [-0.1, -0.05) is 30.3 Å². The summed E-state index contributed by atoms with van der Waals surface area (Å²) in [6, 6.07) is 10.2. The van der Waals surface area contributed by atoms with E-state index in [0.29, 0.717) is 31.9 Å². The second-order valence-corrected chi connectivity index (χ2v) is 9.54. The minimum Gasteiger partial charge on any atom is -0.357 e. The molecule has 1 fully saturated rings. The Morgan fingerprint density at radius 3 is 2.62 bits per heavy atom. The molecule has 1 aromatic rings. The zero-order valence-corrected chi connectivity index (χ0v) is 20.4. The van der Waals surface area contributed by atoms with Gasteiger partial charge in [0.1, 0.15) is 9.84 Å². The molecule has 9 heteroatoms. The average Bonchev–Trinajstić information content (AvgIpc) is 3.01. The van der Waals surface area contributed by atoms with Crippen molar-refractivity contribution in [1.82, 2.24) is 15.5 Å². The van der Waals surface area contributed by atoms with E-state index in [-0.39, 0.29) is 41.6 Å². The summed E-state index contributed by atoms with van der Waals surface area (Å²) in [7, 11) is -2.94. The molecule has 7 nitrogen and oxygen atoms in total. The van der Waals surface area contributed by atoms with Crippen LogP contribution in [0.3, 0.4) is 0 Å². The summed E-state index contributed by atoms with van der Waals surface area (Å²) in [5.74, 6) is 1.25. The molecule has 1 aliphatic heterocycles. The average molecular weight is 536 g/mol. The highest BCUT2D eigenvalue weighted by Gasteiger charge is 2.28. The lowest BCUT2D eigenvalue weighted by molar-refractivity contribution is -0.127. The monoisotopic (exact) mass is 536 g/mol. The molecule has 2 N–H and O–H groups in total. The van der Waals surface area contributed by atoms with Crippen molar-refractivity contribution < 1.29 is 13.2 Å². The number of nitrogens with one attached hydrogen (secondary N) is 2. The van der Waals surface area contributed by atoms with Gasteiger partial charge in [-0.05, 0) is 25.3 Å². The lowest BCUT2D eigenvalue weighted by Gasteiger charge is -2.16. The molecule has 0 saturated carbocycles. The van der Waals surface area contributed by atoms with E-state index in [1.54, 1.807) is 0 Å². The van der Waals surface area contributed by atoms with Crippen molar-refractivity contribution in [3.05, 3.63) is 35.9 Å². The Balaban J connectivity index is 0.00000420. The molecule has 1 aliphatic rings. The van der Waals surface area contributed by atoms with Crippen molar-refractivity contribution in [2.75, 3.05) is 44.7 Å². The fourth-order valence-corrected chi connectivity index (χ4v) is 3.87. The summed E-state index contributed by atoms with van der Waals surface area (Å²) in [5, 5.41) is 6.33. The van der Waals surface area contributed by atoms with Crippen molar-refractivity contribution in [1.29, 1.82) is 0 Å². The van der Waals surface area contributed by atoms with Gasteiger partial charge < -0.3 is 15.5 Å². The van der Waals surface area contributed by atoms with Crippen LogP contribution in [-0.4, -0.2) is 69.9 Å². The quantitative estimate of drug-likeness (QED) is 0.206. The minimum atomic E-state index is -2.94. The van der Waals surface area contributed by atoms with Crippen LogP contribution < -0.4 is 10.6 Å². The van der Waals surface area contributed by atoms with Gasteiger partial charge in [-0.25, -0.2) is 8.42 Å². The first-order chi connectivity index (χ1) is 13.4. The fourth-order valence-electron chi connectivity index (χ4n) is 3.20. The maximum Gasteiger partial charge on any atom is 0.223 e. The number of aliphatic imine (C=N–C) groups is 1. The topological polar surface area (TPSA) is 90.9 Å². The maximum atomic E-state index is 12.3. The van der Waals surface area contributed by atoms with Gasteiger partial charge >= 0.3 is 0 Å². The summed E-state index contributed by atoms with van der Waals surface area (Å²) >= 11 is 0. The van der Waals surface area contributed by atoms with Crippen LogP contribution >= 0.6 is 24.0 Å². The molecule has 1 saturated heterocycles. The first-order valence-corrected chi connectivity index (χ1v) is 11.9. The molecular formula is C20H33IN4O3S. The Morgan fingerprint density at radius 1 is 1.24 bits per heavy atom. The summed E-state index contributed by atoms with van der Waals surface area (Å²) in [4.78, 5) is 18.8. The Kier molecular flexibility index (Phi) is 11.6. The number of benzene rings is 1. The Bertz CT molecular complexity index is 756. The minimum absolute atomic E-state index is 0. The SMILES string of the molecule is CCNC(=NCC1CC(=O)N(CCc2ccccc2)C1)NCCCS(C)(=O)=O.I. The number of amides is 1. The van der Waals surface area contributed by atoms with Crippen molar-refractivity contribution in [2.45, 2.75) is 26.2 Å². The van der Waals surface area contributed by atoms with Crippen LogP contribution in [-0.2, 0) is 21.1 Å². The summed E-state index contributed by atoms with van der Waals surface area (Å²) in [5.41, 5.74) is 1.24. The molecule has 2 rings (SSSR count). The molecule has 0 bridgehead atoms. The number of carbonyl (C=O) groups excluding carboxylic acids is 1. The van der Waals surface area contributed by atoms with Gasteiger partial charge in [0.15, 0.2) is 5.96 Å². The van der Waals surface area contributed by atoms with Crippen LogP contribution in [0.25, 0.3) is 0 Å². The van der Waals surface area contributed by atoms with E-state index in [2.05, 4.69) is 27.8 Å². The van der Waals surface area contributed by atoms with E-state index in [1.807, 2.05) is 30.0 Å². The maximum absolute atomic E-state index is 12.3. The number of guanidine groups is 1. The van der Waals surface area contributed by atoms with Crippen LogP contribution in [0.2, 0.25) is 0 Å². The lowest BCUT2D eigenvalue weighted by Crippen LogP contribution is -2.38. The second kappa shape index (κ2) is 13.0. The molecule has 1 atom stereocenters. The molecule has 1 unspecified atom stereocenters. The van der Waals surface area contributed by atoms with Crippen molar-refractivity contribution in [3.8, 4) is 0 Å². The van der Waals surface area contributed by atoms with Crippen molar-refractivity contribution in [2.24, 2.45) is 10.9 Å². The zero-order valence-electron chi connectivity index (χ0n) is 17.3. The zero-order chi connectivity index (χ0) is 20.4. The number of likely N-dealkylation sites (tertiary alicyclic amines) is 1. The number of hydrogen-bond acceptors (Lipinski definition) is 4. The Hall–Kier alpha value is -1.36. The van der Waals surface area contributed by atoms with Crippen molar-refractivity contribution >= 4 is 45.7 Å². The highest BCUT2D eigenvalue weighted by molar-refractivity contribution is 14.0. The molecule has 0 spiro atoms. The Labute approximate surface area is 191 Å². The molecule has 1 heterocycles. The van der Waals surface area contributed by atoms with Gasteiger partial charge in [0.25, 0.3) is 0 Å². The van der Waals surface area contributed by atoms with E-state index in [4.69, 9.17) is 0 Å². The summed E-state index contributed by atoms with van der Waals surface area (Å²) in [6.07, 6.45) is 3.18. The van der Waals surface area contributed by atoms with Gasteiger partial charge in [-0.15, -0.1) is 24.0 Å². The third kappa shape index (κ3) is 10.3. The summed E-state index contributed by atoms with van der Waals surface area (Å²) < 4.78 is 22.4. The van der Waals surface area contributed by atoms with Gasteiger partial charge in [0, 0.05) is 51.3 Å². The lowest BCUT2D eigenvalue weighted by atomic mass is 10.1. The summed E-state index contributed by atoms with van der Waals surface area (Å²) in [6.45, 7) is 5.32. The molecule has 0 aliphatic carbocycles. The number of sulfone groups is 1. The normalized spacial score (nSPS) is 17.2. The molecule has 0 aromatic heterocycles. The predicted molar refractivity (Wildman–Crippen MR) is 129 cm³/mol. The van der Waals surface area contributed by atoms with Crippen LogP contribution in [0.15, 0.2) is 35.3 Å². The molecule has 1 amide bonds.